The molecule has 0 bridgehead atoms. The van der Waals surface area contributed by atoms with Crippen LogP contribution < -0.4 is 0 Å². The Morgan fingerprint density at radius 1 is 1.50 bits per heavy atom. The summed E-state index contributed by atoms with van der Waals surface area (Å²) in [7, 11) is 0. The average Bonchev–Trinajstić information content (AvgIpc) is 2.17. The van der Waals surface area contributed by atoms with Crippen molar-refractivity contribution in [3.8, 4) is 0 Å². The number of carbonyl (C=O) groups excluding carboxylic acids is 1. The number of thiol groups is 1. The zero-order valence-electron chi connectivity index (χ0n) is 7.49. The van der Waals surface area contributed by atoms with Crippen molar-refractivity contribution in [1.82, 2.24) is 0 Å². The van der Waals surface area contributed by atoms with Gasteiger partial charge < -0.3 is 0 Å². The Labute approximate surface area is 96.0 Å². The molecule has 0 fully saturated rings. The van der Waals surface area contributed by atoms with E-state index in [9.17, 15) is 4.79 Å². The van der Waals surface area contributed by atoms with Crippen LogP contribution in [0.1, 0.15) is 12.5 Å². The van der Waals surface area contributed by atoms with Crippen molar-refractivity contribution in [1.29, 1.82) is 0 Å². The van der Waals surface area contributed by atoms with Gasteiger partial charge in [0.15, 0.2) is 4.32 Å². The summed E-state index contributed by atoms with van der Waals surface area (Å²) in [5.74, 6) is -0.145. The number of aliphatic imine (C=N–C) groups is 1. The molecule has 1 amide bonds. The fourth-order valence-corrected chi connectivity index (χ4v) is 2.11. The highest BCUT2D eigenvalue weighted by atomic mass is 79.9. The summed E-state index contributed by atoms with van der Waals surface area (Å²) in [6.45, 7) is 1.83. The van der Waals surface area contributed by atoms with E-state index in [0.29, 0.717) is 0 Å². The molecule has 1 heterocycles. The molecule has 0 aliphatic carbocycles. The van der Waals surface area contributed by atoms with Crippen LogP contribution in [0.15, 0.2) is 34.2 Å². The first-order valence-corrected chi connectivity index (χ1v) is 5.38. The third-order valence-electron chi connectivity index (χ3n) is 2.31. The van der Waals surface area contributed by atoms with Gasteiger partial charge in [-0.15, -0.1) is 12.6 Å². The molecule has 1 aliphatic rings. The largest absolute Gasteiger partial charge is 0.272 e. The summed E-state index contributed by atoms with van der Waals surface area (Å²) >= 11 is 7.66. The zero-order chi connectivity index (χ0) is 10.3. The number of hydrogen-bond acceptors (Lipinski definition) is 2. The van der Waals surface area contributed by atoms with Crippen LogP contribution in [0.5, 0.6) is 0 Å². The smallest absolute Gasteiger partial charge is 0.270 e. The third kappa shape index (κ3) is 1.25. The van der Waals surface area contributed by atoms with Crippen molar-refractivity contribution in [2.45, 2.75) is 16.1 Å². The van der Waals surface area contributed by atoms with Gasteiger partial charge in [0.2, 0.25) is 0 Å². The van der Waals surface area contributed by atoms with Crippen molar-refractivity contribution >= 4 is 40.2 Å². The molecule has 1 unspecified atom stereocenters. The zero-order valence-corrected chi connectivity index (χ0v) is 9.97. The van der Waals surface area contributed by atoms with Crippen molar-refractivity contribution in [3.05, 3.63) is 29.8 Å². The van der Waals surface area contributed by atoms with Gasteiger partial charge in [-0.05, 0) is 24.6 Å². The third-order valence-corrected chi connectivity index (χ3v) is 3.96. The normalized spacial score (nSPS) is 25.6. The number of benzene rings is 1. The molecule has 2 nitrogen and oxygen atoms in total. The minimum Gasteiger partial charge on any atom is -0.270 e. The molecule has 72 valence electrons. The Balaban J connectivity index is 2.51. The van der Waals surface area contributed by atoms with Crippen LogP contribution in [0.3, 0.4) is 0 Å². The minimum atomic E-state index is -0.703. The van der Waals surface area contributed by atoms with Gasteiger partial charge in [0.1, 0.15) is 0 Å². The van der Waals surface area contributed by atoms with Crippen LogP contribution >= 0.6 is 28.6 Å². The summed E-state index contributed by atoms with van der Waals surface area (Å²) in [5, 5.41) is 0. The molecular weight excluding hydrogens is 262 g/mol. The minimum absolute atomic E-state index is 0.145. The molecule has 0 aromatic heterocycles. The number of alkyl halides is 1. The predicted molar refractivity (Wildman–Crippen MR) is 62.4 cm³/mol. The van der Waals surface area contributed by atoms with Gasteiger partial charge in [-0.25, -0.2) is 4.99 Å². The SMILES string of the molecule is CC1=NC(=O)C1(Br)c1cccc(S)c1. The molecule has 1 atom stereocenters. The quantitative estimate of drug-likeness (QED) is 0.616. The van der Waals surface area contributed by atoms with E-state index in [4.69, 9.17) is 0 Å². The first-order chi connectivity index (χ1) is 6.55. The molecule has 0 saturated heterocycles. The maximum absolute atomic E-state index is 11.4. The van der Waals surface area contributed by atoms with Crippen LogP contribution in [0, 0.1) is 0 Å². The molecule has 0 spiro atoms. The first kappa shape index (κ1) is 9.93. The second-order valence-electron chi connectivity index (χ2n) is 3.21. The summed E-state index contributed by atoms with van der Waals surface area (Å²) < 4.78 is -0.703. The highest BCUT2D eigenvalue weighted by molar-refractivity contribution is 9.10. The van der Waals surface area contributed by atoms with Gasteiger partial charge in [0.25, 0.3) is 5.91 Å². The van der Waals surface area contributed by atoms with E-state index >= 15 is 0 Å². The molecule has 1 aromatic rings. The van der Waals surface area contributed by atoms with Crippen molar-refractivity contribution in [3.63, 3.8) is 0 Å². The Kier molecular flexibility index (Phi) is 2.27. The maximum atomic E-state index is 11.4. The molecule has 1 aliphatic heterocycles. The summed E-state index contributed by atoms with van der Waals surface area (Å²) in [6, 6.07) is 7.51. The number of amides is 1. The molecule has 4 heteroatoms. The van der Waals surface area contributed by atoms with E-state index in [0.717, 1.165) is 16.2 Å². The first-order valence-electron chi connectivity index (χ1n) is 4.14. The Morgan fingerprint density at radius 2 is 2.21 bits per heavy atom. The second-order valence-corrected chi connectivity index (χ2v) is 4.92. The predicted octanol–water partition coefficient (Wildman–Crippen LogP) is 2.57. The van der Waals surface area contributed by atoms with Crippen LogP contribution in [0.4, 0.5) is 0 Å². The highest BCUT2D eigenvalue weighted by Gasteiger charge is 2.47. The van der Waals surface area contributed by atoms with Crippen molar-refractivity contribution in [2.75, 3.05) is 0 Å². The maximum Gasteiger partial charge on any atom is 0.272 e. The topological polar surface area (TPSA) is 29.4 Å². The summed E-state index contributed by atoms with van der Waals surface area (Å²) in [4.78, 5) is 16.0. The van der Waals surface area contributed by atoms with E-state index in [1.807, 2.05) is 31.2 Å². The Hall–Kier alpha value is -0.610. The molecule has 0 N–H and O–H groups in total. The van der Waals surface area contributed by atoms with Gasteiger partial charge in [-0.3, -0.25) is 4.79 Å². The molecule has 0 radical (unpaired) electrons. The lowest BCUT2D eigenvalue weighted by molar-refractivity contribution is -0.120. The van der Waals surface area contributed by atoms with Gasteiger partial charge in [0, 0.05) is 10.6 Å². The number of halogens is 1. The lowest BCUT2D eigenvalue weighted by Gasteiger charge is -2.31. The molecule has 2 rings (SSSR count). The van der Waals surface area contributed by atoms with Crippen LogP contribution in [0.25, 0.3) is 0 Å². The van der Waals surface area contributed by atoms with Crippen LogP contribution in [0.2, 0.25) is 0 Å². The number of hydrogen-bond donors (Lipinski definition) is 1. The van der Waals surface area contributed by atoms with Gasteiger partial charge in [-0.2, -0.15) is 0 Å². The van der Waals surface area contributed by atoms with E-state index in [1.54, 1.807) is 0 Å². The standard InChI is InChI=1S/C10H8BrNOS/c1-6-10(11,9(13)12-6)7-3-2-4-8(14)5-7/h2-5,14H,1H3. The summed E-state index contributed by atoms with van der Waals surface area (Å²) in [6.07, 6.45) is 0. The van der Waals surface area contributed by atoms with Gasteiger partial charge >= 0.3 is 0 Å². The van der Waals surface area contributed by atoms with E-state index in [-0.39, 0.29) is 5.91 Å². The van der Waals surface area contributed by atoms with Crippen LogP contribution in [-0.4, -0.2) is 11.6 Å². The fourth-order valence-electron chi connectivity index (χ4n) is 1.46. The number of nitrogens with zero attached hydrogens (tertiary/aromatic N) is 1. The summed E-state index contributed by atoms with van der Waals surface area (Å²) in [5.41, 5.74) is 1.68. The lowest BCUT2D eigenvalue weighted by Crippen LogP contribution is -2.44. The monoisotopic (exact) mass is 269 g/mol. The van der Waals surface area contributed by atoms with E-state index < -0.39 is 4.32 Å². The van der Waals surface area contributed by atoms with E-state index in [1.165, 1.54) is 0 Å². The fraction of sp³-hybridized carbons (Fsp3) is 0.200. The van der Waals surface area contributed by atoms with Gasteiger partial charge in [-0.1, -0.05) is 28.1 Å². The molecular formula is C10H8BrNOS. The van der Waals surface area contributed by atoms with Crippen LogP contribution in [-0.2, 0) is 9.12 Å². The number of rotatable bonds is 1. The lowest BCUT2D eigenvalue weighted by atomic mass is 9.89. The van der Waals surface area contributed by atoms with Crippen molar-refractivity contribution < 1.29 is 4.79 Å². The molecule has 1 aromatic carbocycles. The van der Waals surface area contributed by atoms with Crippen molar-refractivity contribution in [2.24, 2.45) is 4.99 Å². The van der Waals surface area contributed by atoms with Gasteiger partial charge in [0.05, 0.1) is 0 Å². The Morgan fingerprint density at radius 3 is 2.71 bits per heavy atom. The second kappa shape index (κ2) is 3.21. The molecule has 0 saturated carbocycles. The number of carbonyl (C=O) groups is 1. The Bertz CT molecular complexity index is 444. The van der Waals surface area contributed by atoms with E-state index in [2.05, 4.69) is 33.6 Å². The highest BCUT2D eigenvalue weighted by Crippen LogP contribution is 2.40. The average molecular weight is 270 g/mol. The molecule has 14 heavy (non-hydrogen) atoms.